The molecule has 0 aliphatic heterocycles. The predicted octanol–water partition coefficient (Wildman–Crippen LogP) is 3.24. The van der Waals surface area contributed by atoms with Gasteiger partial charge >= 0.3 is 6.18 Å². The summed E-state index contributed by atoms with van der Waals surface area (Å²) in [4.78, 5) is 0. The number of hydrogen-bond acceptors (Lipinski definition) is 2. The largest absolute Gasteiger partial charge is 0.429 e. The van der Waals surface area contributed by atoms with Gasteiger partial charge in [0, 0.05) is 0 Å². The quantitative estimate of drug-likeness (QED) is 0.635. The fraction of sp³-hybridized carbons (Fsp3) is 0.333. The first-order valence-electron chi connectivity index (χ1n) is 3.92. The van der Waals surface area contributed by atoms with Gasteiger partial charge < -0.3 is 5.11 Å². The lowest BCUT2D eigenvalue weighted by atomic mass is 9.94. The highest BCUT2D eigenvalue weighted by Gasteiger charge is 2.59. The van der Waals surface area contributed by atoms with E-state index >= 15 is 0 Å². The predicted molar refractivity (Wildman–Crippen MR) is 49.4 cm³/mol. The maximum absolute atomic E-state index is 13.5. The van der Waals surface area contributed by atoms with Gasteiger partial charge in [0.25, 0.3) is 5.67 Å². The molecule has 1 rings (SSSR count). The summed E-state index contributed by atoms with van der Waals surface area (Å²) < 4.78 is 50.5. The Balaban J connectivity index is 3.08. The number of aliphatic hydroxyl groups excluding tert-OH is 1. The molecular formula is C9H8F4OS. The molecule has 1 aromatic rings. The summed E-state index contributed by atoms with van der Waals surface area (Å²) in [7, 11) is 0. The van der Waals surface area contributed by atoms with Crippen molar-refractivity contribution in [2.45, 2.75) is 17.9 Å². The van der Waals surface area contributed by atoms with E-state index in [1.54, 1.807) is 0 Å². The summed E-state index contributed by atoms with van der Waals surface area (Å²) in [6.07, 6.45) is -7.38. The second kappa shape index (κ2) is 3.94. The van der Waals surface area contributed by atoms with Gasteiger partial charge in [0.2, 0.25) is 0 Å². The minimum Gasteiger partial charge on any atom is -0.384 e. The number of hydrogen-bond donors (Lipinski definition) is 1. The monoisotopic (exact) mass is 240 g/mol. The van der Waals surface area contributed by atoms with E-state index in [0.29, 0.717) is 0 Å². The Labute approximate surface area is 87.7 Å². The van der Waals surface area contributed by atoms with Crippen LogP contribution in [0.15, 0.2) is 29.5 Å². The van der Waals surface area contributed by atoms with Crippen molar-refractivity contribution in [3.8, 4) is 0 Å². The average Bonchev–Trinajstić information content (AvgIpc) is 2.66. The van der Waals surface area contributed by atoms with E-state index in [2.05, 4.69) is 6.58 Å². The van der Waals surface area contributed by atoms with Crippen LogP contribution in [-0.2, 0) is 0 Å². The third kappa shape index (κ3) is 2.05. The van der Waals surface area contributed by atoms with Gasteiger partial charge in [-0.3, -0.25) is 0 Å². The molecule has 1 heterocycles. The fourth-order valence-electron chi connectivity index (χ4n) is 1.06. The van der Waals surface area contributed by atoms with Crippen molar-refractivity contribution in [2.75, 3.05) is 0 Å². The van der Waals surface area contributed by atoms with Crippen molar-refractivity contribution in [1.29, 1.82) is 0 Å². The summed E-state index contributed by atoms with van der Waals surface area (Å²) in [6, 6.07) is 1.24. The van der Waals surface area contributed by atoms with Crippen LogP contribution in [0.5, 0.6) is 0 Å². The van der Waals surface area contributed by atoms with Crippen LogP contribution in [0.25, 0.3) is 0 Å². The maximum atomic E-state index is 13.5. The Morgan fingerprint density at radius 1 is 1.40 bits per heavy atom. The first-order chi connectivity index (χ1) is 6.83. The van der Waals surface area contributed by atoms with Crippen LogP contribution in [0.3, 0.4) is 0 Å². The average molecular weight is 240 g/mol. The fourth-order valence-corrected chi connectivity index (χ4v) is 1.73. The molecule has 1 N–H and O–H groups in total. The van der Waals surface area contributed by atoms with Gasteiger partial charge in [0.1, 0.15) is 6.10 Å². The smallest absolute Gasteiger partial charge is 0.384 e. The third-order valence-corrected chi connectivity index (χ3v) is 2.69. The minimum absolute atomic E-state index is 0.0787. The van der Waals surface area contributed by atoms with Crippen LogP contribution in [-0.4, -0.2) is 17.0 Å². The molecule has 2 atom stereocenters. The number of aliphatic hydroxyl groups is 1. The molecule has 0 bridgehead atoms. The molecule has 0 spiro atoms. The lowest BCUT2D eigenvalue weighted by Gasteiger charge is -2.28. The van der Waals surface area contributed by atoms with Crippen LogP contribution in [0.4, 0.5) is 17.6 Å². The Kier molecular flexibility index (Phi) is 3.20. The van der Waals surface area contributed by atoms with Crippen molar-refractivity contribution in [3.63, 3.8) is 0 Å². The molecular weight excluding hydrogens is 232 g/mol. The van der Waals surface area contributed by atoms with Crippen molar-refractivity contribution >= 4 is 11.3 Å². The lowest BCUT2D eigenvalue weighted by molar-refractivity contribution is -0.241. The highest BCUT2D eigenvalue weighted by atomic mass is 32.1. The van der Waals surface area contributed by atoms with E-state index in [4.69, 9.17) is 0 Å². The molecule has 15 heavy (non-hydrogen) atoms. The molecule has 1 nitrogen and oxygen atoms in total. The molecule has 0 saturated heterocycles. The maximum Gasteiger partial charge on any atom is 0.429 e. The molecule has 0 unspecified atom stereocenters. The summed E-state index contributed by atoms with van der Waals surface area (Å²) in [5.41, 5.74) is -3.92. The van der Waals surface area contributed by atoms with Crippen LogP contribution >= 0.6 is 11.3 Å². The van der Waals surface area contributed by atoms with Gasteiger partial charge in [-0.1, -0.05) is 6.58 Å². The van der Waals surface area contributed by atoms with E-state index in [9.17, 15) is 22.7 Å². The molecule has 84 valence electrons. The van der Waals surface area contributed by atoms with Gasteiger partial charge in [-0.2, -0.15) is 24.5 Å². The second-order valence-corrected chi connectivity index (χ2v) is 3.71. The van der Waals surface area contributed by atoms with Gasteiger partial charge in [0.15, 0.2) is 0 Å². The van der Waals surface area contributed by atoms with Crippen LogP contribution in [0, 0.1) is 0 Å². The van der Waals surface area contributed by atoms with E-state index < -0.39 is 17.9 Å². The van der Waals surface area contributed by atoms with Crippen LogP contribution in [0.1, 0.15) is 11.7 Å². The summed E-state index contributed by atoms with van der Waals surface area (Å²) in [5, 5.41) is 12.0. The summed E-state index contributed by atoms with van der Waals surface area (Å²) in [6.45, 7) is 2.78. The molecule has 1 aromatic heterocycles. The van der Waals surface area contributed by atoms with Crippen molar-refractivity contribution < 1.29 is 22.7 Å². The molecule has 0 aliphatic rings. The zero-order valence-corrected chi connectivity index (χ0v) is 8.28. The van der Waals surface area contributed by atoms with Crippen LogP contribution in [0.2, 0.25) is 0 Å². The number of thiophene rings is 1. The van der Waals surface area contributed by atoms with E-state index in [0.717, 1.165) is 11.3 Å². The van der Waals surface area contributed by atoms with Crippen LogP contribution < -0.4 is 0 Å². The first kappa shape index (κ1) is 12.2. The molecule has 0 fully saturated rings. The zero-order chi connectivity index (χ0) is 11.7. The molecule has 0 radical (unpaired) electrons. The van der Waals surface area contributed by atoms with E-state index in [1.165, 1.54) is 16.8 Å². The number of halogens is 4. The number of rotatable bonds is 3. The molecule has 0 aliphatic carbocycles. The topological polar surface area (TPSA) is 20.2 Å². The minimum atomic E-state index is -5.18. The molecule has 0 saturated carbocycles. The Bertz CT molecular complexity index is 332. The Hall–Kier alpha value is -0.880. The van der Waals surface area contributed by atoms with Gasteiger partial charge in [0.05, 0.1) is 0 Å². The highest BCUT2D eigenvalue weighted by Crippen LogP contribution is 2.44. The molecule has 0 aromatic carbocycles. The van der Waals surface area contributed by atoms with Gasteiger partial charge in [-0.15, -0.1) is 0 Å². The highest BCUT2D eigenvalue weighted by molar-refractivity contribution is 7.07. The summed E-state index contributed by atoms with van der Waals surface area (Å²) in [5.74, 6) is 0. The van der Waals surface area contributed by atoms with Crippen molar-refractivity contribution in [3.05, 3.63) is 35.0 Å². The van der Waals surface area contributed by atoms with Crippen molar-refractivity contribution in [2.24, 2.45) is 0 Å². The lowest BCUT2D eigenvalue weighted by Crippen LogP contribution is -2.44. The SMILES string of the molecule is C=C[C@@](F)([C@@H](O)c1ccsc1)C(F)(F)F. The van der Waals surface area contributed by atoms with Gasteiger partial charge in [-0.25, -0.2) is 4.39 Å². The normalized spacial score (nSPS) is 18.2. The molecule has 0 amide bonds. The van der Waals surface area contributed by atoms with Gasteiger partial charge in [-0.05, 0) is 28.5 Å². The summed E-state index contributed by atoms with van der Waals surface area (Å²) >= 11 is 1.08. The Morgan fingerprint density at radius 3 is 2.33 bits per heavy atom. The van der Waals surface area contributed by atoms with E-state index in [1.807, 2.05) is 0 Å². The van der Waals surface area contributed by atoms with Crippen molar-refractivity contribution in [1.82, 2.24) is 0 Å². The second-order valence-electron chi connectivity index (χ2n) is 2.93. The zero-order valence-electron chi connectivity index (χ0n) is 7.46. The third-order valence-electron chi connectivity index (χ3n) is 1.99. The standard InChI is InChI=1S/C9H8F4OS/c1-2-8(10,9(11,12)13)7(14)6-3-4-15-5-6/h2-5,7,14H,1H2/t7-,8+/m0/s1. The molecule has 6 heteroatoms. The number of alkyl halides is 4. The van der Waals surface area contributed by atoms with E-state index in [-0.39, 0.29) is 11.6 Å². The first-order valence-corrected chi connectivity index (χ1v) is 4.86. The Morgan fingerprint density at radius 2 is 2.00 bits per heavy atom.